The first-order chi connectivity index (χ1) is 10.3. The normalized spacial score (nSPS) is 26.4. The maximum atomic E-state index is 12.7. The average Bonchev–Trinajstić information content (AvgIpc) is 3.17. The van der Waals surface area contributed by atoms with Crippen molar-refractivity contribution in [2.24, 2.45) is 0 Å². The highest BCUT2D eigenvalue weighted by atomic mass is 16.5. The van der Waals surface area contributed by atoms with Crippen LogP contribution in [0.15, 0.2) is 24.5 Å². The third-order valence-electron chi connectivity index (χ3n) is 4.55. The SMILES string of the molecule is CO[C@H]1C[C@@H](CN2CCCC2)N(C(=O)c2cccnc2)C1. The third-order valence-corrected chi connectivity index (χ3v) is 4.55. The Morgan fingerprint density at radius 2 is 2.24 bits per heavy atom. The van der Waals surface area contributed by atoms with Crippen molar-refractivity contribution in [3.63, 3.8) is 0 Å². The van der Waals surface area contributed by atoms with Crippen LogP contribution in [0.3, 0.4) is 0 Å². The fourth-order valence-corrected chi connectivity index (χ4v) is 3.38. The highest BCUT2D eigenvalue weighted by molar-refractivity contribution is 5.94. The summed E-state index contributed by atoms with van der Waals surface area (Å²) in [6.07, 6.45) is 6.97. The first kappa shape index (κ1) is 14.5. The van der Waals surface area contributed by atoms with Crippen molar-refractivity contribution in [1.29, 1.82) is 0 Å². The maximum absolute atomic E-state index is 12.7. The quantitative estimate of drug-likeness (QED) is 0.841. The van der Waals surface area contributed by atoms with Crippen LogP contribution in [-0.2, 0) is 4.74 Å². The molecule has 0 aromatic carbocycles. The summed E-state index contributed by atoms with van der Waals surface area (Å²) in [5.41, 5.74) is 0.667. The number of pyridine rings is 1. The van der Waals surface area contributed by atoms with E-state index in [9.17, 15) is 4.79 Å². The molecule has 0 bridgehead atoms. The fraction of sp³-hybridized carbons (Fsp3) is 0.625. The molecule has 0 unspecified atom stereocenters. The lowest BCUT2D eigenvalue weighted by Crippen LogP contribution is -2.42. The summed E-state index contributed by atoms with van der Waals surface area (Å²) in [7, 11) is 1.73. The zero-order valence-corrected chi connectivity index (χ0v) is 12.6. The van der Waals surface area contributed by atoms with Crippen LogP contribution in [0.2, 0.25) is 0 Å². The van der Waals surface area contributed by atoms with E-state index in [1.807, 2.05) is 17.0 Å². The summed E-state index contributed by atoms with van der Waals surface area (Å²) < 4.78 is 5.49. The molecule has 2 aliphatic rings. The molecule has 2 atom stereocenters. The molecule has 0 radical (unpaired) electrons. The lowest BCUT2D eigenvalue weighted by atomic mass is 10.1. The van der Waals surface area contributed by atoms with E-state index in [4.69, 9.17) is 4.74 Å². The minimum absolute atomic E-state index is 0.0758. The van der Waals surface area contributed by atoms with Gasteiger partial charge in [-0.05, 0) is 44.5 Å². The van der Waals surface area contributed by atoms with E-state index in [0.717, 1.165) is 26.1 Å². The van der Waals surface area contributed by atoms with Crippen molar-refractivity contribution in [3.8, 4) is 0 Å². The van der Waals surface area contributed by atoms with Gasteiger partial charge in [0, 0.05) is 38.6 Å². The van der Waals surface area contributed by atoms with Crippen molar-refractivity contribution >= 4 is 5.91 Å². The number of hydrogen-bond donors (Lipinski definition) is 0. The van der Waals surface area contributed by atoms with E-state index in [-0.39, 0.29) is 18.1 Å². The Kier molecular flexibility index (Phi) is 4.51. The topological polar surface area (TPSA) is 45.7 Å². The first-order valence-electron chi connectivity index (χ1n) is 7.74. The molecular weight excluding hydrogens is 266 g/mol. The summed E-state index contributed by atoms with van der Waals surface area (Å²) in [5.74, 6) is 0.0758. The van der Waals surface area contributed by atoms with E-state index >= 15 is 0 Å². The van der Waals surface area contributed by atoms with Crippen LogP contribution in [0, 0.1) is 0 Å². The second kappa shape index (κ2) is 6.54. The molecule has 2 aliphatic heterocycles. The summed E-state index contributed by atoms with van der Waals surface area (Å²) in [4.78, 5) is 21.2. The van der Waals surface area contributed by atoms with Crippen LogP contribution in [-0.4, -0.2) is 66.1 Å². The largest absolute Gasteiger partial charge is 0.380 e. The summed E-state index contributed by atoms with van der Waals surface area (Å²) >= 11 is 0. The molecule has 21 heavy (non-hydrogen) atoms. The van der Waals surface area contributed by atoms with E-state index in [1.54, 1.807) is 19.5 Å². The van der Waals surface area contributed by atoms with Gasteiger partial charge in [-0.2, -0.15) is 0 Å². The molecule has 1 amide bonds. The van der Waals surface area contributed by atoms with Crippen LogP contribution in [0.25, 0.3) is 0 Å². The molecule has 1 aromatic rings. The van der Waals surface area contributed by atoms with Crippen LogP contribution >= 0.6 is 0 Å². The van der Waals surface area contributed by atoms with Gasteiger partial charge in [-0.25, -0.2) is 0 Å². The number of amides is 1. The fourth-order valence-electron chi connectivity index (χ4n) is 3.38. The summed E-state index contributed by atoms with van der Waals surface area (Å²) in [6.45, 7) is 3.96. The van der Waals surface area contributed by atoms with Crippen molar-refractivity contribution < 1.29 is 9.53 Å². The predicted octanol–water partition coefficient (Wildman–Crippen LogP) is 1.41. The molecule has 2 saturated heterocycles. The minimum Gasteiger partial charge on any atom is -0.380 e. The van der Waals surface area contributed by atoms with E-state index in [0.29, 0.717) is 12.1 Å². The van der Waals surface area contributed by atoms with Crippen molar-refractivity contribution in [1.82, 2.24) is 14.8 Å². The third kappa shape index (κ3) is 3.24. The van der Waals surface area contributed by atoms with Crippen LogP contribution in [0.4, 0.5) is 0 Å². The Hall–Kier alpha value is -1.46. The summed E-state index contributed by atoms with van der Waals surface area (Å²) in [6, 6.07) is 3.90. The van der Waals surface area contributed by atoms with Crippen LogP contribution < -0.4 is 0 Å². The highest BCUT2D eigenvalue weighted by Crippen LogP contribution is 2.24. The van der Waals surface area contributed by atoms with E-state index in [2.05, 4.69) is 9.88 Å². The molecule has 3 rings (SSSR count). The number of methoxy groups -OCH3 is 1. The smallest absolute Gasteiger partial charge is 0.255 e. The summed E-state index contributed by atoms with van der Waals surface area (Å²) in [5, 5.41) is 0. The maximum Gasteiger partial charge on any atom is 0.255 e. The number of rotatable bonds is 4. The first-order valence-corrected chi connectivity index (χ1v) is 7.74. The number of carbonyl (C=O) groups is 1. The van der Waals surface area contributed by atoms with Crippen molar-refractivity contribution in [2.45, 2.75) is 31.4 Å². The van der Waals surface area contributed by atoms with E-state index < -0.39 is 0 Å². The minimum atomic E-state index is 0.0758. The number of carbonyl (C=O) groups excluding carboxylic acids is 1. The second-order valence-corrected chi connectivity index (χ2v) is 5.95. The molecule has 114 valence electrons. The van der Waals surface area contributed by atoms with Gasteiger partial charge in [0.2, 0.25) is 0 Å². The number of nitrogens with zero attached hydrogens (tertiary/aromatic N) is 3. The van der Waals surface area contributed by atoms with E-state index in [1.165, 1.54) is 12.8 Å². The molecule has 0 N–H and O–H groups in total. The molecule has 0 spiro atoms. The van der Waals surface area contributed by atoms with Gasteiger partial charge < -0.3 is 14.5 Å². The molecule has 1 aromatic heterocycles. The van der Waals surface area contributed by atoms with Gasteiger partial charge in [0.05, 0.1) is 11.7 Å². The number of hydrogen-bond acceptors (Lipinski definition) is 4. The Morgan fingerprint density at radius 1 is 1.43 bits per heavy atom. The number of ether oxygens (including phenoxy) is 1. The zero-order chi connectivity index (χ0) is 14.7. The lowest BCUT2D eigenvalue weighted by molar-refractivity contribution is 0.0669. The Labute approximate surface area is 125 Å². The predicted molar refractivity (Wildman–Crippen MR) is 80.1 cm³/mol. The molecule has 0 aliphatic carbocycles. The van der Waals surface area contributed by atoms with Gasteiger partial charge in [0.15, 0.2) is 0 Å². The van der Waals surface area contributed by atoms with Crippen LogP contribution in [0.5, 0.6) is 0 Å². The standard InChI is InChI=1S/C16H23N3O2/c1-21-15-9-14(11-18-7-2-3-8-18)19(12-15)16(20)13-5-4-6-17-10-13/h4-6,10,14-15H,2-3,7-9,11-12H2,1H3/t14-,15-/m0/s1. The zero-order valence-electron chi connectivity index (χ0n) is 12.6. The molecule has 3 heterocycles. The van der Waals surface area contributed by atoms with Gasteiger partial charge in [-0.3, -0.25) is 9.78 Å². The lowest BCUT2D eigenvalue weighted by Gasteiger charge is -2.28. The van der Waals surface area contributed by atoms with Gasteiger partial charge in [0.1, 0.15) is 0 Å². The van der Waals surface area contributed by atoms with Crippen LogP contribution in [0.1, 0.15) is 29.6 Å². The average molecular weight is 289 g/mol. The van der Waals surface area contributed by atoms with Crippen molar-refractivity contribution in [3.05, 3.63) is 30.1 Å². The van der Waals surface area contributed by atoms with Gasteiger partial charge in [-0.15, -0.1) is 0 Å². The highest BCUT2D eigenvalue weighted by Gasteiger charge is 2.36. The van der Waals surface area contributed by atoms with Gasteiger partial charge in [-0.1, -0.05) is 0 Å². The molecule has 5 heteroatoms. The number of likely N-dealkylation sites (tertiary alicyclic amines) is 2. The van der Waals surface area contributed by atoms with Gasteiger partial charge >= 0.3 is 0 Å². The molecule has 2 fully saturated rings. The monoisotopic (exact) mass is 289 g/mol. The Balaban J connectivity index is 1.72. The Bertz CT molecular complexity index is 474. The van der Waals surface area contributed by atoms with Crippen molar-refractivity contribution in [2.75, 3.05) is 33.3 Å². The van der Waals surface area contributed by atoms with Gasteiger partial charge in [0.25, 0.3) is 5.91 Å². The number of aromatic nitrogens is 1. The molecule has 0 saturated carbocycles. The molecular formula is C16H23N3O2. The Morgan fingerprint density at radius 3 is 2.90 bits per heavy atom. The second-order valence-electron chi connectivity index (χ2n) is 5.95. The molecule has 5 nitrogen and oxygen atoms in total.